The van der Waals surface area contributed by atoms with Gasteiger partial charge in [0, 0.05) is 31.6 Å². The first-order chi connectivity index (χ1) is 13.8. The number of rotatable bonds is 3. The monoisotopic (exact) mass is 412 g/mol. The van der Waals surface area contributed by atoms with Gasteiger partial charge >= 0.3 is 0 Å². The molecule has 1 aromatic heterocycles. The van der Waals surface area contributed by atoms with E-state index in [-0.39, 0.29) is 19.0 Å². The zero-order valence-corrected chi connectivity index (χ0v) is 17.6. The number of carbonyl (C=O) groups is 1. The van der Waals surface area contributed by atoms with Gasteiger partial charge in [-0.1, -0.05) is 29.3 Å². The lowest BCUT2D eigenvalue weighted by molar-refractivity contribution is 0.0694. The van der Waals surface area contributed by atoms with Crippen LogP contribution in [0.5, 0.6) is 0 Å². The predicted molar refractivity (Wildman–Crippen MR) is 111 cm³/mol. The lowest BCUT2D eigenvalue weighted by Crippen LogP contribution is -2.50. The molecule has 29 heavy (non-hydrogen) atoms. The number of carbonyl (C=O) groups excluding carboxylic acids is 1. The van der Waals surface area contributed by atoms with Crippen LogP contribution in [0.1, 0.15) is 27.2 Å². The van der Waals surface area contributed by atoms with Gasteiger partial charge in [0.05, 0.1) is 10.4 Å². The van der Waals surface area contributed by atoms with Crippen LogP contribution < -0.4 is 0 Å². The molecule has 152 valence electrons. The van der Waals surface area contributed by atoms with E-state index in [4.69, 9.17) is 0 Å². The van der Waals surface area contributed by atoms with Crippen molar-refractivity contribution >= 4 is 26.8 Å². The van der Waals surface area contributed by atoms with Crippen molar-refractivity contribution in [3.63, 3.8) is 0 Å². The molecule has 0 unspecified atom stereocenters. The number of hydrogen-bond acceptors (Lipinski definition) is 4. The van der Waals surface area contributed by atoms with Gasteiger partial charge < -0.3 is 4.90 Å². The minimum Gasteiger partial charge on any atom is -0.335 e. The van der Waals surface area contributed by atoms with Crippen molar-refractivity contribution < 1.29 is 13.2 Å². The second-order valence-electron chi connectivity index (χ2n) is 7.59. The van der Waals surface area contributed by atoms with Crippen LogP contribution in [0, 0.1) is 20.8 Å². The van der Waals surface area contributed by atoms with E-state index in [1.807, 2.05) is 51.1 Å². The maximum absolute atomic E-state index is 13.0. The molecule has 3 aromatic rings. The van der Waals surface area contributed by atoms with Crippen LogP contribution in [-0.4, -0.2) is 59.9 Å². The minimum atomic E-state index is -3.58. The van der Waals surface area contributed by atoms with Gasteiger partial charge in [0.1, 0.15) is 0 Å². The van der Waals surface area contributed by atoms with E-state index in [2.05, 4.69) is 10.2 Å². The Morgan fingerprint density at radius 2 is 1.62 bits per heavy atom. The summed E-state index contributed by atoms with van der Waals surface area (Å²) in [5.41, 5.74) is 4.02. The summed E-state index contributed by atoms with van der Waals surface area (Å²) < 4.78 is 27.5. The molecule has 1 aliphatic rings. The lowest BCUT2D eigenvalue weighted by atomic mass is 10.1. The third-order valence-electron chi connectivity index (χ3n) is 5.40. The summed E-state index contributed by atoms with van der Waals surface area (Å²) in [5, 5.41) is 7.89. The Labute approximate surface area is 170 Å². The number of sulfonamides is 1. The molecule has 7 nitrogen and oxygen atoms in total. The van der Waals surface area contributed by atoms with E-state index in [0.717, 1.165) is 27.6 Å². The van der Waals surface area contributed by atoms with Gasteiger partial charge in [-0.25, -0.2) is 8.42 Å². The van der Waals surface area contributed by atoms with Gasteiger partial charge in [0.25, 0.3) is 5.91 Å². The Hall–Kier alpha value is -2.71. The Morgan fingerprint density at radius 3 is 2.31 bits per heavy atom. The van der Waals surface area contributed by atoms with Crippen LogP contribution in [0.25, 0.3) is 10.9 Å². The lowest BCUT2D eigenvalue weighted by Gasteiger charge is -2.34. The average Bonchev–Trinajstić information content (AvgIpc) is 3.10. The van der Waals surface area contributed by atoms with E-state index in [1.165, 1.54) is 4.31 Å². The zero-order chi connectivity index (χ0) is 20.8. The fraction of sp³-hybridized carbons (Fsp3) is 0.333. The molecular weight excluding hydrogens is 388 g/mol. The summed E-state index contributed by atoms with van der Waals surface area (Å²) in [6, 6.07) is 11.2. The first-order valence-electron chi connectivity index (χ1n) is 9.59. The molecule has 1 aliphatic heterocycles. The number of nitrogens with zero attached hydrogens (tertiary/aromatic N) is 3. The highest BCUT2D eigenvalue weighted by Gasteiger charge is 2.32. The Morgan fingerprint density at radius 1 is 0.966 bits per heavy atom. The molecule has 0 atom stereocenters. The average molecular weight is 413 g/mol. The van der Waals surface area contributed by atoms with E-state index in [0.29, 0.717) is 23.7 Å². The second kappa shape index (κ2) is 7.27. The molecule has 1 N–H and O–H groups in total. The van der Waals surface area contributed by atoms with Crippen LogP contribution in [0.15, 0.2) is 41.3 Å². The van der Waals surface area contributed by atoms with E-state index in [9.17, 15) is 13.2 Å². The highest BCUT2D eigenvalue weighted by molar-refractivity contribution is 7.89. The maximum Gasteiger partial charge on any atom is 0.275 e. The number of H-pyrrole nitrogens is 1. The van der Waals surface area contributed by atoms with Crippen LogP contribution in [0.4, 0.5) is 0 Å². The van der Waals surface area contributed by atoms with Gasteiger partial charge in [-0.15, -0.1) is 0 Å². The summed E-state index contributed by atoms with van der Waals surface area (Å²) in [6.07, 6.45) is 0. The summed E-state index contributed by atoms with van der Waals surface area (Å²) >= 11 is 0. The van der Waals surface area contributed by atoms with Gasteiger partial charge in [-0.2, -0.15) is 9.40 Å². The molecule has 0 radical (unpaired) electrons. The van der Waals surface area contributed by atoms with Crippen molar-refractivity contribution in [2.45, 2.75) is 25.7 Å². The van der Waals surface area contributed by atoms with Gasteiger partial charge in [0.15, 0.2) is 5.69 Å². The molecule has 0 saturated carbocycles. The third-order valence-corrected chi connectivity index (χ3v) is 7.45. The van der Waals surface area contributed by atoms with Crippen LogP contribution in [0.2, 0.25) is 0 Å². The highest BCUT2D eigenvalue weighted by atomic mass is 32.2. The first-order valence-corrected chi connectivity index (χ1v) is 11.0. The third kappa shape index (κ3) is 3.54. The smallest absolute Gasteiger partial charge is 0.275 e. The quantitative estimate of drug-likeness (QED) is 0.717. The largest absolute Gasteiger partial charge is 0.335 e. The first kappa shape index (κ1) is 19.6. The molecule has 0 spiro atoms. The van der Waals surface area contributed by atoms with Crippen molar-refractivity contribution in [1.29, 1.82) is 0 Å². The number of piperazine rings is 1. The number of amides is 1. The minimum absolute atomic E-state index is 0.176. The molecule has 1 fully saturated rings. The molecule has 4 rings (SSSR count). The summed E-state index contributed by atoms with van der Waals surface area (Å²) in [6.45, 7) is 6.92. The Bertz CT molecular complexity index is 1190. The summed E-state index contributed by atoms with van der Waals surface area (Å²) in [5.74, 6) is -0.176. The molecule has 1 saturated heterocycles. The Kier molecular flexibility index (Phi) is 4.92. The molecule has 8 heteroatoms. The van der Waals surface area contributed by atoms with Crippen molar-refractivity contribution in [2.24, 2.45) is 0 Å². The van der Waals surface area contributed by atoms with Gasteiger partial charge in [0.2, 0.25) is 10.0 Å². The number of aromatic amines is 1. The maximum atomic E-state index is 13.0. The number of nitrogens with one attached hydrogen (secondary N) is 1. The fourth-order valence-corrected chi connectivity index (χ4v) is 5.43. The van der Waals surface area contributed by atoms with Gasteiger partial charge in [-0.3, -0.25) is 9.89 Å². The number of hydrogen-bond donors (Lipinski definition) is 1. The molecule has 2 aromatic carbocycles. The zero-order valence-electron chi connectivity index (χ0n) is 16.8. The van der Waals surface area contributed by atoms with Crippen molar-refractivity contribution in [1.82, 2.24) is 19.4 Å². The number of aromatic nitrogens is 2. The fourth-order valence-electron chi connectivity index (χ4n) is 3.80. The van der Waals surface area contributed by atoms with Crippen LogP contribution in [0.3, 0.4) is 0 Å². The highest BCUT2D eigenvalue weighted by Crippen LogP contribution is 2.24. The van der Waals surface area contributed by atoms with E-state index in [1.54, 1.807) is 11.0 Å². The Balaban J connectivity index is 1.51. The van der Waals surface area contributed by atoms with Crippen LogP contribution in [-0.2, 0) is 10.0 Å². The van der Waals surface area contributed by atoms with Crippen LogP contribution >= 0.6 is 0 Å². The van der Waals surface area contributed by atoms with Crippen molar-refractivity contribution in [2.75, 3.05) is 26.2 Å². The standard InChI is InChI=1S/C21H24N4O3S/c1-14-5-7-19(16(3)12-14)29(27,28)25-10-8-24(9-11-25)21(26)20-17-13-15(2)4-6-18(17)22-23-20/h4-7,12-13H,8-11H2,1-3H3,(H,22,23). The normalized spacial score (nSPS) is 15.8. The number of aryl methyl sites for hydroxylation is 3. The SMILES string of the molecule is Cc1ccc(S(=O)(=O)N2CCN(C(=O)c3n[nH]c4ccc(C)cc34)CC2)c(C)c1. The second-order valence-corrected chi connectivity index (χ2v) is 9.49. The number of benzene rings is 2. The summed E-state index contributed by atoms with van der Waals surface area (Å²) in [7, 11) is -3.58. The summed E-state index contributed by atoms with van der Waals surface area (Å²) in [4.78, 5) is 15.0. The topological polar surface area (TPSA) is 86.4 Å². The van der Waals surface area contributed by atoms with Crippen molar-refractivity contribution in [3.8, 4) is 0 Å². The molecule has 1 amide bonds. The van der Waals surface area contributed by atoms with E-state index < -0.39 is 10.0 Å². The predicted octanol–water partition coefficient (Wildman–Crippen LogP) is 2.63. The van der Waals surface area contributed by atoms with Crippen molar-refractivity contribution in [3.05, 3.63) is 58.8 Å². The number of fused-ring (bicyclic) bond motifs is 1. The molecular formula is C21H24N4O3S. The molecule has 0 bridgehead atoms. The van der Waals surface area contributed by atoms with Gasteiger partial charge in [-0.05, 0) is 44.5 Å². The molecule has 0 aliphatic carbocycles. The molecule has 2 heterocycles. The van der Waals surface area contributed by atoms with E-state index >= 15 is 0 Å².